The fourth-order valence-corrected chi connectivity index (χ4v) is 4.43. The van der Waals surface area contributed by atoms with Crippen LogP contribution in [-0.4, -0.2) is 67.2 Å². The Balaban J connectivity index is 1.38. The summed E-state index contributed by atoms with van der Waals surface area (Å²) in [6, 6.07) is 2.15. The first-order valence-corrected chi connectivity index (χ1v) is 9.68. The van der Waals surface area contributed by atoms with Gasteiger partial charge in [-0.05, 0) is 12.8 Å². The van der Waals surface area contributed by atoms with Gasteiger partial charge in [-0.15, -0.1) is 0 Å². The molecule has 3 fully saturated rings. The van der Waals surface area contributed by atoms with Crippen molar-refractivity contribution in [3.63, 3.8) is 0 Å². The van der Waals surface area contributed by atoms with Crippen molar-refractivity contribution in [3.05, 3.63) is 12.4 Å². The Morgan fingerprint density at radius 1 is 0.913 bits per heavy atom. The van der Waals surface area contributed by atoms with E-state index >= 15 is 0 Å². The highest BCUT2D eigenvalue weighted by atomic mass is 32.2. The molecule has 0 atom stereocenters. The summed E-state index contributed by atoms with van der Waals surface area (Å²) in [4.78, 5) is 13.7. The number of nitrogens with zero attached hydrogens (tertiary/aromatic N) is 4. The van der Waals surface area contributed by atoms with Crippen molar-refractivity contribution in [2.75, 3.05) is 60.7 Å². The molecule has 0 amide bonds. The van der Waals surface area contributed by atoms with Crippen molar-refractivity contribution >= 4 is 23.4 Å². The van der Waals surface area contributed by atoms with Gasteiger partial charge in [-0.25, -0.2) is 9.97 Å². The van der Waals surface area contributed by atoms with Crippen molar-refractivity contribution in [2.24, 2.45) is 5.92 Å². The molecule has 0 unspecified atom stereocenters. The second kappa shape index (κ2) is 7.23. The molecule has 3 aliphatic rings. The molecule has 4 rings (SSSR count). The summed E-state index contributed by atoms with van der Waals surface area (Å²) in [7, 11) is 0. The van der Waals surface area contributed by atoms with Crippen LogP contribution in [0.3, 0.4) is 0 Å². The van der Waals surface area contributed by atoms with Crippen LogP contribution in [-0.2, 0) is 9.47 Å². The van der Waals surface area contributed by atoms with E-state index in [1.54, 1.807) is 6.33 Å². The van der Waals surface area contributed by atoms with Crippen LogP contribution in [0, 0.1) is 5.92 Å². The summed E-state index contributed by atoms with van der Waals surface area (Å²) in [6.45, 7) is 5.68. The van der Waals surface area contributed by atoms with Gasteiger partial charge in [0.05, 0.1) is 13.2 Å². The molecule has 126 valence electrons. The number of piperidine rings is 1. The van der Waals surface area contributed by atoms with E-state index in [1.807, 2.05) is 11.8 Å². The molecule has 0 radical (unpaired) electrons. The number of hydrogen-bond donors (Lipinski definition) is 0. The van der Waals surface area contributed by atoms with Crippen LogP contribution in [0.5, 0.6) is 0 Å². The van der Waals surface area contributed by atoms with Crippen molar-refractivity contribution in [1.29, 1.82) is 0 Å². The van der Waals surface area contributed by atoms with Gasteiger partial charge in [-0.2, -0.15) is 11.8 Å². The average molecular weight is 336 g/mol. The zero-order valence-electron chi connectivity index (χ0n) is 13.4. The van der Waals surface area contributed by atoms with Gasteiger partial charge < -0.3 is 19.3 Å². The van der Waals surface area contributed by atoms with Crippen LogP contribution < -0.4 is 9.80 Å². The lowest BCUT2D eigenvalue weighted by Gasteiger charge is -2.35. The van der Waals surface area contributed by atoms with Gasteiger partial charge >= 0.3 is 0 Å². The van der Waals surface area contributed by atoms with Crippen molar-refractivity contribution in [1.82, 2.24) is 9.97 Å². The summed E-state index contributed by atoms with van der Waals surface area (Å²) in [6.07, 6.45) is 3.93. The highest BCUT2D eigenvalue weighted by Gasteiger charge is 2.30. The third-order valence-electron chi connectivity index (χ3n) is 4.87. The Hall–Kier alpha value is -1.05. The third-order valence-corrected chi connectivity index (χ3v) is 5.81. The fourth-order valence-electron chi connectivity index (χ4n) is 3.53. The topological polar surface area (TPSA) is 50.7 Å². The molecule has 3 aliphatic heterocycles. The minimum atomic E-state index is 0.0176. The Morgan fingerprint density at radius 2 is 1.52 bits per heavy atom. The first-order chi connectivity index (χ1) is 11.4. The molecule has 0 aromatic carbocycles. The summed E-state index contributed by atoms with van der Waals surface area (Å²) in [5.74, 6) is 5.02. The van der Waals surface area contributed by atoms with Gasteiger partial charge in [0.1, 0.15) is 18.0 Å². The maximum absolute atomic E-state index is 5.66. The average Bonchev–Trinajstić information content (AvgIpc) is 3.17. The molecule has 0 saturated carbocycles. The first kappa shape index (κ1) is 15.5. The van der Waals surface area contributed by atoms with Gasteiger partial charge in [0.15, 0.2) is 6.29 Å². The molecule has 1 aromatic heterocycles. The minimum Gasteiger partial charge on any atom is -0.356 e. The van der Waals surface area contributed by atoms with E-state index in [1.165, 1.54) is 11.5 Å². The molecule has 4 heterocycles. The number of aromatic nitrogens is 2. The second-order valence-electron chi connectivity index (χ2n) is 6.27. The zero-order valence-corrected chi connectivity index (χ0v) is 14.2. The Morgan fingerprint density at radius 3 is 2.17 bits per heavy atom. The number of anilines is 2. The first-order valence-electron chi connectivity index (χ1n) is 8.53. The number of hydrogen-bond acceptors (Lipinski definition) is 7. The highest BCUT2D eigenvalue weighted by Crippen LogP contribution is 2.29. The van der Waals surface area contributed by atoms with Crippen LogP contribution in [0.25, 0.3) is 0 Å². The quantitative estimate of drug-likeness (QED) is 0.831. The molecule has 0 aliphatic carbocycles. The van der Waals surface area contributed by atoms with E-state index in [9.17, 15) is 0 Å². The predicted molar refractivity (Wildman–Crippen MR) is 92.2 cm³/mol. The van der Waals surface area contributed by atoms with Gasteiger partial charge in [0.25, 0.3) is 0 Å². The molecule has 0 spiro atoms. The number of rotatable bonds is 3. The van der Waals surface area contributed by atoms with Gasteiger partial charge in [-0.3, -0.25) is 0 Å². The van der Waals surface area contributed by atoms with Crippen molar-refractivity contribution in [2.45, 2.75) is 19.1 Å². The van der Waals surface area contributed by atoms with Crippen LogP contribution >= 0.6 is 11.8 Å². The van der Waals surface area contributed by atoms with Crippen LogP contribution in [0.15, 0.2) is 12.4 Å². The molecule has 6 nitrogen and oxygen atoms in total. The Kier molecular flexibility index (Phi) is 4.87. The normalized spacial score (nSPS) is 24.3. The second-order valence-corrected chi connectivity index (χ2v) is 7.49. The maximum Gasteiger partial charge on any atom is 0.160 e. The molecule has 0 bridgehead atoms. The minimum absolute atomic E-state index is 0.0176. The van der Waals surface area contributed by atoms with E-state index in [0.29, 0.717) is 5.92 Å². The molecule has 0 N–H and O–H groups in total. The van der Waals surface area contributed by atoms with E-state index in [-0.39, 0.29) is 6.29 Å². The standard InChI is InChI=1S/C16H24N4O2S/c1-3-19(4-2-13(1)16-21-7-8-22-16)14-11-15(18-12-17-14)20-5-9-23-10-6-20/h11-13,16H,1-10H2. The number of thioether (sulfide) groups is 1. The summed E-state index contributed by atoms with van der Waals surface area (Å²) >= 11 is 2.02. The summed E-state index contributed by atoms with van der Waals surface area (Å²) in [5.41, 5.74) is 0. The predicted octanol–water partition coefficient (Wildman–Crippen LogP) is 1.62. The largest absolute Gasteiger partial charge is 0.356 e. The Labute approximate surface area is 141 Å². The summed E-state index contributed by atoms with van der Waals surface area (Å²) < 4.78 is 11.3. The van der Waals surface area contributed by atoms with Crippen LogP contribution in [0.2, 0.25) is 0 Å². The lowest BCUT2D eigenvalue weighted by molar-refractivity contribution is -0.0889. The zero-order chi connectivity index (χ0) is 15.5. The lowest BCUT2D eigenvalue weighted by atomic mass is 9.96. The van der Waals surface area contributed by atoms with Crippen molar-refractivity contribution in [3.8, 4) is 0 Å². The number of ether oxygens (including phenoxy) is 2. The molecule has 23 heavy (non-hydrogen) atoms. The monoisotopic (exact) mass is 336 g/mol. The van der Waals surface area contributed by atoms with Gasteiger partial charge in [-0.1, -0.05) is 0 Å². The molecule has 1 aromatic rings. The molecular weight excluding hydrogens is 312 g/mol. The lowest BCUT2D eigenvalue weighted by Crippen LogP contribution is -2.39. The fraction of sp³-hybridized carbons (Fsp3) is 0.750. The van der Waals surface area contributed by atoms with E-state index < -0.39 is 0 Å². The Bertz CT molecular complexity index is 513. The van der Waals surface area contributed by atoms with E-state index in [2.05, 4.69) is 25.8 Å². The highest BCUT2D eigenvalue weighted by molar-refractivity contribution is 7.99. The molecular formula is C16H24N4O2S. The van der Waals surface area contributed by atoms with E-state index in [0.717, 1.165) is 63.9 Å². The van der Waals surface area contributed by atoms with Crippen LogP contribution in [0.4, 0.5) is 11.6 Å². The van der Waals surface area contributed by atoms with Gasteiger partial charge in [0.2, 0.25) is 0 Å². The SMILES string of the molecule is c1nc(N2CCSCC2)cc(N2CCC(C3OCCO3)CC2)n1. The van der Waals surface area contributed by atoms with E-state index in [4.69, 9.17) is 9.47 Å². The smallest absolute Gasteiger partial charge is 0.160 e. The molecule has 3 saturated heterocycles. The molecule has 7 heteroatoms. The van der Waals surface area contributed by atoms with Crippen LogP contribution in [0.1, 0.15) is 12.8 Å². The van der Waals surface area contributed by atoms with Gasteiger partial charge in [0, 0.05) is 49.7 Å². The summed E-state index contributed by atoms with van der Waals surface area (Å²) in [5, 5.41) is 0. The third kappa shape index (κ3) is 3.56. The van der Waals surface area contributed by atoms with Crippen molar-refractivity contribution < 1.29 is 9.47 Å². The maximum atomic E-state index is 5.66.